The summed E-state index contributed by atoms with van der Waals surface area (Å²) in [6.45, 7) is 1.12. The van der Waals surface area contributed by atoms with Gasteiger partial charge in [0.2, 0.25) is 23.6 Å². The number of carbonyl (C=O) groups is 1. The van der Waals surface area contributed by atoms with Crippen molar-refractivity contribution in [1.82, 2.24) is 19.7 Å². The van der Waals surface area contributed by atoms with Gasteiger partial charge in [-0.05, 0) is 24.3 Å². The molecule has 1 aromatic heterocycles. The molecule has 2 aromatic carbocycles. The molecule has 174 valence electrons. The van der Waals surface area contributed by atoms with E-state index in [9.17, 15) is 13.2 Å². The molecule has 0 aliphatic rings. The summed E-state index contributed by atoms with van der Waals surface area (Å²) in [6.07, 6.45) is 1.31. The summed E-state index contributed by atoms with van der Waals surface area (Å²) in [7, 11) is 0.623. The normalized spacial score (nSPS) is 10.8. The summed E-state index contributed by atoms with van der Waals surface area (Å²) < 4.78 is 42.0. The Morgan fingerprint density at radius 3 is 1.88 bits per heavy atom. The molecule has 0 spiro atoms. The molecule has 33 heavy (non-hydrogen) atoms. The molecule has 0 aliphatic heterocycles. The van der Waals surface area contributed by atoms with Crippen LogP contribution in [0.25, 0.3) is 0 Å². The second-order valence-corrected chi connectivity index (χ2v) is 8.17. The summed E-state index contributed by atoms with van der Waals surface area (Å²) in [5.74, 6) is 1.16. The van der Waals surface area contributed by atoms with Gasteiger partial charge in [-0.3, -0.25) is 4.79 Å². The monoisotopic (exact) mass is 474 g/mol. The van der Waals surface area contributed by atoms with Gasteiger partial charge in [0.1, 0.15) is 6.33 Å². The van der Waals surface area contributed by atoms with Crippen molar-refractivity contribution in [1.29, 1.82) is 0 Å². The van der Waals surface area contributed by atoms with E-state index in [1.54, 1.807) is 12.1 Å². The molecule has 0 fully saturated rings. The van der Waals surface area contributed by atoms with Crippen molar-refractivity contribution in [3.63, 3.8) is 0 Å². The minimum Gasteiger partial charge on any atom is -0.493 e. The van der Waals surface area contributed by atoms with E-state index in [-0.39, 0.29) is 16.8 Å². The second kappa shape index (κ2) is 9.99. The summed E-state index contributed by atoms with van der Waals surface area (Å²) in [5, 5.41) is 6.00. The first-order valence-corrected chi connectivity index (χ1v) is 10.9. The molecule has 1 heterocycles. The molecule has 3 aromatic rings. The molecule has 3 rings (SSSR count). The molecule has 0 aliphatic carbocycles. The van der Waals surface area contributed by atoms with Gasteiger partial charge in [0.25, 0.3) is 10.0 Å². The van der Waals surface area contributed by atoms with Crippen LogP contribution in [0.2, 0.25) is 0 Å². The number of anilines is 4. The molecule has 0 saturated heterocycles. The Kier molecular flexibility index (Phi) is 7.13. The van der Waals surface area contributed by atoms with E-state index in [1.165, 1.54) is 51.9 Å². The van der Waals surface area contributed by atoms with E-state index >= 15 is 0 Å². The molecule has 0 radical (unpaired) electrons. The van der Waals surface area contributed by atoms with Crippen LogP contribution in [-0.4, -0.2) is 50.6 Å². The molecule has 0 saturated carbocycles. The molecular weight excluding hydrogens is 452 g/mol. The Balaban J connectivity index is 1.78. The summed E-state index contributed by atoms with van der Waals surface area (Å²) >= 11 is 0. The van der Waals surface area contributed by atoms with E-state index < -0.39 is 15.9 Å². The number of nitrogens with zero attached hydrogens (tertiary/aromatic N) is 3. The largest absolute Gasteiger partial charge is 0.493 e. The van der Waals surface area contributed by atoms with Crippen LogP contribution in [0.15, 0.2) is 47.6 Å². The summed E-state index contributed by atoms with van der Waals surface area (Å²) in [6, 6.07) is 9.14. The second-order valence-electron chi connectivity index (χ2n) is 6.48. The van der Waals surface area contributed by atoms with Crippen molar-refractivity contribution in [3.8, 4) is 17.2 Å². The number of sulfonamides is 1. The molecule has 0 unspecified atom stereocenters. The zero-order chi connectivity index (χ0) is 24.0. The molecule has 12 nitrogen and oxygen atoms in total. The third kappa shape index (κ3) is 5.77. The van der Waals surface area contributed by atoms with E-state index in [4.69, 9.17) is 14.2 Å². The number of carbonyl (C=O) groups excluding carboxylic acids is 1. The maximum absolute atomic E-state index is 12.0. The Morgan fingerprint density at radius 1 is 0.848 bits per heavy atom. The van der Waals surface area contributed by atoms with E-state index in [0.29, 0.717) is 28.6 Å². The van der Waals surface area contributed by atoms with Crippen molar-refractivity contribution in [2.24, 2.45) is 0 Å². The van der Waals surface area contributed by atoms with Gasteiger partial charge in [-0.2, -0.15) is 4.98 Å². The molecular formula is C20H22N6O6S. The van der Waals surface area contributed by atoms with Crippen LogP contribution in [0.3, 0.4) is 0 Å². The summed E-state index contributed by atoms with van der Waals surface area (Å²) in [5.41, 5.74) is 1.12. The fourth-order valence-electron chi connectivity index (χ4n) is 2.79. The van der Waals surface area contributed by atoms with Crippen molar-refractivity contribution >= 4 is 39.2 Å². The number of rotatable bonds is 9. The van der Waals surface area contributed by atoms with Crippen molar-refractivity contribution < 1.29 is 27.4 Å². The Hall–Kier alpha value is -4.13. The van der Waals surface area contributed by atoms with Crippen molar-refractivity contribution in [2.45, 2.75) is 11.8 Å². The van der Waals surface area contributed by atoms with Crippen LogP contribution in [0.5, 0.6) is 17.2 Å². The lowest BCUT2D eigenvalue weighted by Gasteiger charge is -2.14. The lowest BCUT2D eigenvalue weighted by Crippen LogP contribution is -2.28. The van der Waals surface area contributed by atoms with E-state index in [1.807, 2.05) is 4.72 Å². The zero-order valence-corrected chi connectivity index (χ0v) is 19.1. The Morgan fingerprint density at radius 2 is 1.39 bits per heavy atom. The topological polar surface area (TPSA) is 154 Å². The van der Waals surface area contributed by atoms with Gasteiger partial charge in [-0.15, -0.1) is 0 Å². The minimum absolute atomic E-state index is 0.0522. The predicted octanol–water partition coefficient (Wildman–Crippen LogP) is 2.21. The van der Waals surface area contributed by atoms with Crippen molar-refractivity contribution in [3.05, 3.63) is 42.7 Å². The molecule has 0 atom stereocenters. The number of nitrogens with one attached hydrogen (secondary N) is 3. The maximum Gasteiger partial charge on any atom is 0.264 e. The quantitative estimate of drug-likeness (QED) is 0.418. The molecule has 13 heteroatoms. The highest BCUT2D eigenvalue weighted by molar-refractivity contribution is 7.90. The SMILES string of the molecule is COc1cc(Nc2ncnc(Nc3ccc(S(=O)(=O)NC(C)=O)cc3)n2)cc(OC)c1OC. The smallest absolute Gasteiger partial charge is 0.264 e. The molecule has 1 amide bonds. The first-order chi connectivity index (χ1) is 15.7. The first kappa shape index (κ1) is 23.5. The van der Waals surface area contributed by atoms with Crippen molar-refractivity contribution in [2.75, 3.05) is 32.0 Å². The zero-order valence-electron chi connectivity index (χ0n) is 18.2. The standard InChI is InChI=1S/C20H22N6O6S/c1-12(27)26-33(28,29)15-7-5-13(6-8-15)23-19-21-11-22-20(25-19)24-14-9-16(30-2)18(32-4)17(10-14)31-3/h5-11H,1-4H3,(H,26,27)(H2,21,22,23,24,25). The van der Waals surface area contributed by atoms with Gasteiger partial charge >= 0.3 is 0 Å². The van der Waals surface area contributed by atoms with Gasteiger partial charge in [-0.25, -0.2) is 23.1 Å². The molecule has 0 bridgehead atoms. The van der Waals surface area contributed by atoms with Crippen LogP contribution in [0.4, 0.5) is 23.3 Å². The average Bonchev–Trinajstić information content (AvgIpc) is 2.78. The first-order valence-electron chi connectivity index (χ1n) is 9.42. The number of benzene rings is 2. The fourth-order valence-corrected chi connectivity index (χ4v) is 3.78. The van der Waals surface area contributed by atoms with Gasteiger partial charge in [0.15, 0.2) is 11.5 Å². The Labute approximate surface area is 190 Å². The third-order valence-corrected chi connectivity index (χ3v) is 5.64. The number of hydrogen-bond acceptors (Lipinski definition) is 11. The van der Waals surface area contributed by atoms with Crippen LogP contribution in [-0.2, 0) is 14.8 Å². The van der Waals surface area contributed by atoms with E-state index in [0.717, 1.165) is 6.92 Å². The highest BCUT2D eigenvalue weighted by Crippen LogP contribution is 2.40. The number of methoxy groups -OCH3 is 3. The highest BCUT2D eigenvalue weighted by Gasteiger charge is 2.16. The van der Waals surface area contributed by atoms with Gasteiger partial charge in [0.05, 0.1) is 26.2 Å². The van der Waals surface area contributed by atoms with Crippen LogP contribution >= 0.6 is 0 Å². The minimum atomic E-state index is -3.92. The lowest BCUT2D eigenvalue weighted by atomic mass is 10.2. The number of ether oxygens (including phenoxy) is 3. The number of amides is 1. The van der Waals surface area contributed by atoms with Gasteiger partial charge < -0.3 is 24.8 Å². The van der Waals surface area contributed by atoms with Crippen LogP contribution in [0, 0.1) is 0 Å². The average molecular weight is 474 g/mol. The number of hydrogen-bond donors (Lipinski definition) is 3. The lowest BCUT2D eigenvalue weighted by molar-refractivity contribution is -0.117. The summed E-state index contributed by atoms with van der Waals surface area (Å²) in [4.78, 5) is 23.5. The van der Waals surface area contributed by atoms with Crippen LogP contribution in [0.1, 0.15) is 6.92 Å². The Bertz CT molecular complexity index is 1230. The van der Waals surface area contributed by atoms with Crippen LogP contribution < -0.4 is 29.6 Å². The van der Waals surface area contributed by atoms with Gasteiger partial charge in [-0.1, -0.05) is 0 Å². The predicted molar refractivity (Wildman–Crippen MR) is 120 cm³/mol. The fraction of sp³-hybridized carbons (Fsp3) is 0.200. The van der Waals surface area contributed by atoms with Gasteiger partial charge in [0, 0.05) is 30.4 Å². The highest BCUT2D eigenvalue weighted by atomic mass is 32.2. The molecule has 3 N–H and O–H groups in total. The van der Waals surface area contributed by atoms with E-state index in [2.05, 4.69) is 25.6 Å². The maximum atomic E-state index is 12.0. The third-order valence-electron chi connectivity index (χ3n) is 4.19. The number of aromatic nitrogens is 3.